The number of allylic oxidation sites excluding steroid dienone is 20. The van der Waals surface area contributed by atoms with Crippen LogP contribution in [0, 0.1) is 0 Å². The van der Waals surface area contributed by atoms with Crippen molar-refractivity contribution in [1.29, 1.82) is 0 Å². The van der Waals surface area contributed by atoms with Crippen LogP contribution in [0.2, 0.25) is 0 Å². The van der Waals surface area contributed by atoms with Crippen molar-refractivity contribution >= 4 is 17.9 Å². The van der Waals surface area contributed by atoms with Gasteiger partial charge in [-0.15, -0.1) is 0 Å². The van der Waals surface area contributed by atoms with Crippen LogP contribution in [0.1, 0.15) is 284 Å². The van der Waals surface area contributed by atoms with E-state index >= 15 is 0 Å². The lowest BCUT2D eigenvalue weighted by Gasteiger charge is -2.18. The van der Waals surface area contributed by atoms with Gasteiger partial charge >= 0.3 is 17.9 Å². The number of unbranched alkanes of at least 4 members (excludes halogenated alkanes) is 25. The largest absolute Gasteiger partial charge is 0.462 e. The first kappa shape index (κ1) is 71.8. The van der Waals surface area contributed by atoms with Crippen LogP contribution in [0.4, 0.5) is 0 Å². The lowest BCUT2D eigenvalue weighted by molar-refractivity contribution is -0.166. The number of hydrogen-bond donors (Lipinski definition) is 0. The Morgan fingerprint density at radius 2 is 0.539 bits per heavy atom. The van der Waals surface area contributed by atoms with E-state index in [1.165, 1.54) is 128 Å². The number of rotatable bonds is 56. The Morgan fingerprint density at radius 3 is 0.868 bits per heavy atom. The molecular weight excluding hydrogens is 937 g/mol. The lowest BCUT2D eigenvalue weighted by Crippen LogP contribution is -2.30. The fourth-order valence-electron chi connectivity index (χ4n) is 8.54. The summed E-state index contributed by atoms with van der Waals surface area (Å²) in [6.45, 7) is 6.32. The van der Waals surface area contributed by atoms with E-state index in [-0.39, 0.29) is 31.6 Å². The zero-order chi connectivity index (χ0) is 55.0. The molecule has 0 fully saturated rings. The van der Waals surface area contributed by atoms with Gasteiger partial charge in [0, 0.05) is 19.3 Å². The molecule has 0 heterocycles. The molecule has 0 saturated heterocycles. The molecule has 6 heteroatoms. The standard InChI is InChI=1S/C70H116O6/c1-4-7-10-13-16-19-22-25-26-27-28-29-30-31-32-33-34-35-36-37-38-39-40-41-42-43-44-46-48-51-54-57-60-63-69(72)75-66-67(65-74-68(71)62-59-56-53-50-47-24-21-18-15-12-9-6-3)76-70(73)64-61-58-55-52-49-45-23-20-17-14-11-8-5-2/h7-8,10-11,16-21,25-26,28-29,31-32,45,49,55,58,67H,4-6,9,12-15,22-24,27,30,33-44,46-48,50-54,56-57,59-66H2,1-3H3/b10-7-,11-8-,19-16-,20-17-,21-18-,26-25-,29-28-,32-31-,49-45-,58-55-. The second-order valence-electron chi connectivity index (χ2n) is 20.5. The van der Waals surface area contributed by atoms with E-state index in [1.54, 1.807) is 0 Å². The molecule has 0 aliphatic heterocycles. The average molecular weight is 1050 g/mol. The highest BCUT2D eigenvalue weighted by atomic mass is 16.6. The van der Waals surface area contributed by atoms with Crippen molar-refractivity contribution in [3.63, 3.8) is 0 Å². The van der Waals surface area contributed by atoms with Crippen LogP contribution in [-0.2, 0) is 28.6 Å². The molecule has 432 valence electrons. The first-order chi connectivity index (χ1) is 37.5. The van der Waals surface area contributed by atoms with E-state index in [1.807, 2.05) is 12.2 Å². The highest BCUT2D eigenvalue weighted by molar-refractivity contribution is 5.71. The zero-order valence-corrected chi connectivity index (χ0v) is 49.5. The van der Waals surface area contributed by atoms with Gasteiger partial charge < -0.3 is 14.2 Å². The monoisotopic (exact) mass is 1050 g/mol. The quantitative estimate of drug-likeness (QED) is 0.0261. The molecule has 0 radical (unpaired) electrons. The minimum absolute atomic E-state index is 0.109. The molecule has 0 bridgehead atoms. The van der Waals surface area contributed by atoms with Gasteiger partial charge in [-0.3, -0.25) is 14.4 Å². The first-order valence-corrected chi connectivity index (χ1v) is 31.5. The third-order valence-electron chi connectivity index (χ3n) is 13.2. The zero-order valence-electron chi connectivity index (χ0n) is 49.5. The number of hydrogen-bond acceptors (Lipinski definition) is 6. The van der Waals surface area contributed by atoms with Crippen LogP contribution < -0.4 is 0 Å². The number of carbonyl (C=O) groups excluding carboxylic acids is 3. The van der Waals surface area contributed by atoms with Crippen LogP contribution >= 0.6 is 0 Å². The molecule has 0 spiro atoms. The maximum absolute atomic E-state index is 12.8. The molecule has 1 unspecified atom stereocenters. The summed E-state index contributed by atoms with van der Waals surface area (Å²) >= 11 is 0. The summed E-state index contributed by atoms with van der Waals surface area (Å²) in [6, 6.07) is 0. The average Bonchev–Trinajstić information content (AvgIpc) is 3.42. The molecule has 0 aromatic heterocycles. The minimum Gasteiger partial charge on any atom is -0.462 e. The van der Waals surface area contributed by atoms with E-state index in [0.29, 0.717) is 19.3 Å². The Balaban J connectivity index is 4.16. The third kappa shape index (κ3) is 60.7. The van der Waals surface area contributed by atoms with Gasteiger partial charge in [0.15, 0.2) is 6.10 Å². The van der Waals surface area contributed by atoms with Gasteiger partial charge in [0.25, 0.3) is 0 Å². The van der Waals surface area contributed by atoms with E-state index in [0.717, 1.165) is 109 Å². The van der Waals surface area contributed by atoms with Crippen LogP contribution in [0.25, 0.3) is 0 Å². The van der Waals surface area contributed by atoms with Crippen molar-refractivity contribution < 1.29 is 28.6 Å². The second kappa shape index (κ2) is 63.3. The summed E-state index contributed by atoms with van der Waals surface area (Å²) in [5, 5.41) is 0. The fraction of sp³-hybridized carbons (Fsp3) is 0.671. The maximum Gasteiger partial charge on any atom is 0.306 e. The minimum atomic E-state index is -0.820. The Kier molecular flexibility index (Phi) is 59.9. The predicted octanol–water partition coefficient (Wildman–Crippen LogP) is 21.6. The summed E-state index contributed by atoms with van der Waals surface area (Å²) in [5.74, 6) is -0.998. The van der Waals surface area contributed by atoms with Crippen molar-refractivity contribution in [2.75, 3.05) is 13.2 Å². The summed E-state index contributed by atoms with van der Waals surface area (Å²) < 4.78 is 16.8. The van der Waals surface area contributed by atoms with Crippen molar-refractivity contribution in [3.05, 3.63) is 122 Å². The van der Waals surface area contributed by atoms with Gasteiger partial charge in [-0.05, 0) is 116 Å². The molecule has 0 saturated carbocycles. The molecule has 0 aromatic carbocycles. The topological polar surface area (TPSA) is 78.9 Å². The smallest absolute Gasteiger partial charge is 0.306 e. The van der Waals surface area contributed by atoms with E-state index in [4.69, 9.17) is 14.2 Å². The molecule has 0 N–H and O–H groups in total. The number of carbonyl (C=O) groups is 3. The SMILES string of the molecule is CC/C=C\C/C=C\C/C=C\C/C=C\C/C=C\CCCCCCCCCCCCCCCCCCCC(=O)OCC(COC(=O)CCCCCCC/C=C\CCCCC)OC(=O)CC/C=C\C/C=C\C/C=C\C/C=C\CC. The van der Waals surface area contributed by atoms with Gasteiger partial charge in [-0.2, -0.15) is 0 Å². The van der Waals surface area contributed by atoms with Crippen LogP contribution in [0.15, 0.2) is 122 Å². The Bertz CT molecular complexity index is 1590. The molecule has 0 aliphatic carbocycles. The molecule has 0 aromatic rings. The van der Waals surface area contributed by atoms with Crippen LogP contribution in [0.5, 0.6) is 0 Å². The summed E-state index contributed by atoms with van der Waals surface area (Å²) in [5.41, 5.74) is 0. The Labute approximate surface area is 469 Å². The van der Waals surface area contributed by atoms with Gasteiger partial charge in [0.2, 0.25) is 0 Å². The van der Waals surface area contributed by atoms with Gasteiger partial charge in [0.1, 0.15) is 13.2 Å². The first-order valence-electron chi connectivity index (χ1n) is 31.5. The van der Waals surface area contributed by atoms with Gasteiger partial charge in [-0.25, -0.2) is 0 Å². The summed E-state index contributed by atoms with van der Waals surface area (Å²) in [6.07, 6.45) is 88.1. The van der Waals surface area contributed by atoms with Gasteiger partial charge in [-0.1, -0.05) is 271 Å². The predicted molar refractivity (Wildman–Crippen MR) is 330 cm³/mol. The van der Waals surface area contributed by atoms with Crippen molar-refractivity contribution in [3.8, 4) is 0 Å². The van der Waals surface area contributed by atoms with Crippen LogP contribution in [-0.4, -0.2) is 37.2 Å². The molecule has 0 rings (SSSR count). The molecular formula is C70H116O6. The van der Waals surface area contributed by atoms with Crippen molar-refractivity contribution in [2.45, 2.75) is 290 Å². The van der Waals surface area contributed by atoms with Crippen molar-refractivity contribution in [2.24, 2.45) is 0 Å². The second-order valence-corrected chi connectivity index (χ2v) is 20.5. The summed E-state index contributed by atoms with van der Waals surface area (Å²) in [4.78, 5) is 38.1. The molecule has 0 amide bonds. The van der Waals surface area contributed by atoms with E-state index < -0.39 is 12.1 Å². The van der Waals surface area contributed by atoms with Gasteiger partial charge in [0.05, 0.1) is 0 Å². The van der Waals surface area contributed by atoms with E-state index in [2.05, 4.69) is 130 Å². The molecule has 76 heavy (non-hydrogen) atoms. The Hall–Kier alpha value is -4.19. The molecule has 0 aliphatic rings. The number of ether oxygens (including phenoxy) is 3. The molecule has 1 atom stereocenters. The van der Waals surface area contributed by atoms with E-state index in [9.17, 15) is 14.4 Å². The lowest BCUT2D eigenvalue weighted by atomic mass is 10.0. The Morgan fingerprint density at radius 1 is 0.276 bits per heavy atom. The fourth-order valence-corrected chi connectivity index (χ4v) is 8.54. The molecule has 6 nitrogen and oxygen atoms in total. The summed E-state index contributed by atoms with van der Waals surface area (Å²) in [7, 11) is 0. The number of esters is 3. The third-order valence-corrected chi connectivity index (χ3v) is 13.2. The maximum atomic E-state index is 12.8. The highest BCUT2D eigenvalue weighted by Crippen LogP contribution is 2.16. The normalized spacial score (nSPS) is 12.9. The van der Waals surface area contributed by atoms with Crippen molar-refractivity contribution in [1.82, 2.24) is 0 Å². The van der Waals surface area contributed by atoms with Crippen LogP contribution in [0.3, 0.4) is 0 Å². The highest BCUT2D eigenvalue weighted by Gasteiger charge is 2.19.